The summed E-state index contributed by atoms with van der Waals surface area (Å²) in [4.78, 5) is 11.9. The number of carbonyl (C=O) groups is 1. The molecule has 0 aliphatic rings. The summed E-state index contributed by atoms with van der Waals surface area (Å²) in [5, 5.41) is 2.66. The van der Waals surface area contributed by atoms with Gasteiger partial charge in [-0.2, -0.15) is 0 Å². The Kier molecular flexibility index (Phi) is 7.65. The molecule has 0 unspecified atom stereocenters. The highest BCUT2D eigenvalue weighted by Gasteiger charge is 2.20. The number of amides is 1. The molecule has 21 heavy (non-hydrogen) atoms. The molecule has 0 saturated carbocycles. The maximum atomic E-state index is 12.0. The van der Waals surface area contributed by atoms with Crippen molar-refractivity contribution >= 4 is 28.3 Å². The Labute approximate surface area is 130 Å². The third kappa shape index (κ3) is 4.85. The van der Waals surface area contributed by atoms with Crippen LogP contribution in [0.3, 0.4) is 0 Å². The van der Waals surface area contributed by atoms with Gasteiger partial charge in [-0.15, -0.1) is 12.4 Å². The molecule has 0 aromatic heterocycles. The van der Waals surface area contributed by atoms with E-state index in [2.05, 4.69) is 10.0 Å². The molecule has 0 aliphatic heterocycles. The summed E-state index contributed by atoms with van der Waals surface area (Å²) in [6, 6.07) is 4.00. The van der Waals surface area contributed by atoms with Gasteiger partial charge in [-0.05, 0) is 32.2 Å². The number of nitrogens with one attached hydrogen (secondary N) is 2. The van der Waals surface area contributed by atoms with Crippen molar-refractivity contribution in [2.75, 3.05) is 20.7 Å². The summed E-state index contributed by atoms with van der Waals surface area (Å²) in [7, 11) is -1.06. The summed E-state index contributed by atoms with van der Waals surface area (Å²) in [6.07, 6.45) is 0. The van der Waals surface area contributed by atoms with Crippen molar-refractivity contribution in [1.82, 2.24) is 10.0 Å². The van der Waals surface area contributed by atoms with E-state index >= 15 is 0 Å². The summed E-state index contributed by atoms with van der Waals surface area (Å²) in [5.74, 6) is -0.221. The van der Waals surface area contributed by atoms with Crippen LogP contribution in [0, 0.1) is 0 Å². The average molecular weight is 338 g/mol. The summed E-state index contributed by atoms with van der Waals surface area (Å²) < 4.78 is 31.0. The number of nitrogens with two attached hydrogens (primary N) is 1. The topological polar surface area (TPSA) is 111 Å². The van der Waals surface area contributed by atoms with Crippen molar-refractivity contribution in [3.05, 3.63) is 23.8 Å². The number of hydrogen-bond donors (Lipinski definition) is 3. The molecule has 4 N–H and O–H groups in total. The van der Waals surface area contributed by atoms with Crippen molar-refractivity contribution in [2.45, 2.75) is 17.9 Å². The van der Waals surface area contributed by atoms with Crippen LogP contribution in [-0.4, -0.2) is 41.1 Å². The lowest BCUT2D eigenvalue weighted by atomic mass is 10.2. The van der Waals surface area contributed by atoms with Gasteiger partial charge < -0.3 is 15.8 Å². The molecule has 1 atom stereocenters. The normalized spacial score (nSPS) is 12.2. The quantitative estimate of drug-likeness (QED) is 0.682. The minimum Gasteiger partial charge on any atom is -0.495 e. The van der Waals surface area contributed by atoms with E-state index in [4.69, 9.17) is 10.5 Å². The van der Waals surface area contributed by atoms with Crippen LogP contribution in [0.25, 0.3) is 0 Å². The van der Waals surface area contributed by atoms with E-state index in [-0.39, 0.29) is 34.7 Å². The Balaban J connectivity index is 0.00000400. The fourth-order valence-corrected chi connectivity index (χ4v) is 2.42. The van der Waals surface area contributed by atoms with Gasteiger partial charge in [-0.1, -0.05) is 0 Å². The van der Waals surface area contributed by atoms with E-state index in [1.807, 2.05) is 0 Å². The highest BCUT2D eigenvalue weighted by molar-refractivity contribution is 7.89. The number of benzene rings is 1. The van der Waals surface area contributed by atoms with Crippen LogP contribution in [0.4, 0.5) is 0 Å². The molecule has 1 aromatic carbocycles. The molecule has 0 saturated heterocycles. The molecular formula is C12H20ClN3O4S. The molecule has 0 heterocycles. The lowest BCUT2D eigenvalue weighted by Crippen LogP contribution is -2.37. The van der Waals surface area contributed by atoms with E-state index in [9.17, 15) is 13.2 Å². The number of hydrogen-bond acceptors (Lipinski definition) is 5. The lowest BCUT2D eigenvalue weighted by Gasteiger charge is -2.13. The minimum atomic E-state index is -3.71. The van der Waals surface area contributed by atoms with Crippen LogP contribution in [0.1, 0.15) is 17.3 Å². The van der Waals surface area contributed by atoms with Crippen LogP contribution < -0.4 is 20.5 Å². The molecule has 1 amide bonds. The monoisotopic (exact) mass is 337 g/mol. The van der Waals surface area contributed by atoms with Gasteiger partial charge >= 0.3 is 0 Å². The minimum absolute atomic E-state index is 0. The Morgan fingerprint density at radius 2 is 2.05 bits per heavy atom. The van der Waals surface area contributed by atoms with Crippen LogP contribution in [-0.2, 0) is 10.0 Å². The first-order valence-corrected chi connectivity index (χ1v) is 7.46. The van der Waals surface area contributed by atoms with Crippen molar-refractivity contribution in [2.24, 2.45) is 5.73 Å². The molecule has 0 spiro atoms. The van der Waals surface area contributed by atoms with Crippen LogP contribution in [0.15, 0.2) is 23.1 Å². The predicted molar refractivity (Wildman–Crippen MR) is 82.5 cm³/mol. The fourth-order valence-electron chi connectivity index (χ4n) is 1.50. The maximum absolute atomic E-state index is 12.0. The first kappa shape index (κ1) is 19.7. The van der Waals surface area contributed by atoms with E-state index in [0.29, 0.717) is 6.54 Å². The standard InChI is InChI=1S/C12H19N3O4S.ClH/c1-8(7-13)15-12(16)9-4-5-10(19-3)11(6-9)20(17,18)14-2;/h4-6,8,14H,7,13H2,1-3H3,(H,15,16);1H/t8-;/m0./s1. The summed E-state index contributed by atoms with van der Waals surface area (Å²) in [5.41, 5.74) is 5.65. The molecule has 0 fully saturated rings. The molecule has 1 rings (SSSR count). The summed E-state index contributed by atoms with van der Waals surface area (Å²) >= 11 is 0. The zero-order chi connectivity index (χ0) is 15.3. The number of carbonyl (C=O) groups excluding carboxylic acids is 1. The van der Waals surface area contributed by atoms with E-state index in [1.165, 1.54) is 32.4 Å². The second kappa shape index (κ2) is 8.18. The molecule has 0 radical (unpaired) electrons. The first-order valence-electron chi connectivity index (χ1n) is 5.98. The molecule has 7 nitrogen and oxygen atoms in total. The average Bonchev–Trinajstić information content (AvgIpc) is 2.46. The zero-order valence-electron chi connectivity index (χ0n) is 12.0. The van der Waals surface area contributed by atoms with Crippen molar-refractivity contribution in [3.63, 3.8) is 0 Å². The molecule has 0 bridgehead atoms. The van der Waals surface area contributed by atoms with Gasteiger partial charge in [-0.3, -0.25) is 4.79 Å². The van der Waals surface area contributed by atoms with Gasteiger partial charge in [0.25, 0.3) is 5.91 Å². The van der Waals surface area contributed by atoms with Crippen LogP contribution >= 0.6 is 12.4 Å². The number of rotatable bonds is 6. The van der Waals surface area contributed by atoms with Gasteiger partial charge in [0.05, 0.1) is 7.11 Å². The van der Waals surface area contributed by atoms with Gasteiger partial charge in [0.1, 0.15) is 10.6 Å². The van der Waals surface area contributed by atoms with E-state index < -0.39 is 15.9 Å². The van der Waals surface area contributed by atoms with E-state index in [0.717, 1.165) is 0 Å². The van der Waals surface area contributed by atoms with Crippen molar-refractivity contribution < 1.29 is 17.9 Å². The Bertz CT molecular complexity index is 592. The molecule has 9 heteroatoms. The van der Waals surface area contributed by atoms with Crippen LogP contribution in [0.5, 0.6) is 5.75 Å². The van der Waals surface area contributed by atoms with Gasteiger partial charge in [0.2, 0.25) is 10.0 Å². The Morgan fingerprint density at radius 3 is 2.52 bits per heavy atom. The number of ether oxygens (including phenoxy) is 1. The number of methoxy groups -OCH3 is 1. The van der Waals surface area contributed by atoms with Crippen LogP contribution in [0.2, 0.25) is 0 Å². The fraction of sp³-hybridized carbons (Fsp3) is 0.417. The third-order valence-electron chi connectivity index (χ3n) is 2.72. The predicted octanol–water partition coefficient (Wildman–Crippen LogP) is 0.102. The Morgan fingerprint density at radius 1 is 1.43 bits per heavy atom. The smallest absolute Gasteiger partial charge is 0.251 e. The van der Waals surface area contributed by atoms with Gasteiger partial charge in [0.15, 0.2) is 0 Å². The molecule has 0 aliphatic carbocycles. The highest BCUT2D eigenvalue weighted by atomic mass is 35.5. The Hall–Kier alpha value is -1.35. The molecular weight excluding hydrogens is 318 g/mol. The highest BCUT2D eigenvalue weighted by Crippen LogP contribution is 2.24. The summed E-state index contributed by atoms with van der Waals surface area (Å²) in [6.45, 7) is 2.05. The maximum Gasteiger partial charge on any atom is 0.251 e. The SMILES string of the molecule is CNS(=O)(=O)c1cc(C(=O)N[C@@H](C)CN)ccc1OC.Cl. The van der Waals surface area contributed by atoms with Crippen molar-refractivity contribution in [3.8, 4) is 5.75 Å². The van der Waals surface area contributed by atoms with Gasteiger partial charge in [0, 0.05) is 18.2 Å². The largest absolute Gasteiger partial charge is 0.495 e. The van der Waals surface area contributed by atoms with E-state index in [1.54, 1.807) is 6.92 Å². The molecule has 120 valence electrons. The first-order chi connectivity index (χ1) is 9.35. The second-order valence-electron chi connectivity index (χ2n) is 4.18. The third-order valence-corrected chi connectivity index (χ3v) is 4.15. The zero-order valence-corrected chi connectivity index (χ0v) is 13.7. The molecule has 1 aromatic rings. The lowest BCUT2D eigenvalue weighted by molar-refractivity contribution is 0.0941. The van der Waals surface area contributed by atoms with Gasteiger partial charge in [-0.25, -0.2) is 13.1 Å². The van der Waals surface area contributed by atoms with Crippen molar-refractivity contribution in [1.29, 1.82) is 0 Å². The second-order valence-corrected chi connectivity index (χ2v) is 6.04. The number of halogens is 1. The number of sulfonamides is 1.